The van der Waals surface area contributed by atoms with Crippen molar-refractivity contribution in [1.82, 2.24) is 5.31 Å². The number of allylic oxidation sites excluding steroid dienone is 2. The standard InChI is InChI=1S/C9H14N2O3/c1-9(2)4-6(10-3)8(11(13)14)7(12)5-9/h10H,4-5H2,1-3H3/i/hD. The lowest BCUT2D eigenvalue weighted by atomic mass is 9.77. The van der Waals surface area contributed by atoms with Crippen LogP contribution in [-0.2, 0) is 4.79 Å². The predicted octanol–water partition coefficient (Wildman–Crippen LogP) is 1.08. The number of carbonyl (C=O) groups is 1. The molecule has 0 aromatic carbocycles. The highest BCUT2D eigenvalue weighted by molar-refractivity contribution is 5.95. The van der Waals surface area contributed by atoms with Gasteiger partial charge in [-0.1, -0.05) is 13.8 Å². The Kier molecular flexibility index (Phi) is 2.23. The van der Waals surface area contributed by atoms with Gasteiger partial charge in [0.05, 0.1) is 10.6 Å². The van der Waals surface area contributed by atoms with E-state index in [0.29, 0.717) is 6.42 Å². The van der Waals surface area contributed by atoms with Crippen LogP contribution in [0.1, 0.15) is 26.7 Å². The Balaban J connectivity index is 3.23. The van der Waals surface area contributed by atoms with E-state index in [0.717, 1.165) is 5.31 Å². The van der Waals surface area contributed by atoms with E-state index in [1.807, 2.05) is 13.8 Å². The van der Waals surface area contributed by atoms with Gasteiger partial charge in [0.25, 0.3) is 0 Å². The molecule has 5 heteroatoms. The quantitative estimate of drug-likeness (QED) is 0.533. The lowest BCUT2D eigenvalue weighted by Gasteiger charge is -2.28. The molecule has 78 valence electrons. The van der Waals surface area contributed by atoms with Crippen LogP contribution >= 0.6 is 0 Å². The molecule has 0 heterocycles. The van der Waals surface area contributed by atoms with Crippen LogP contribution in [0.25, 0.3) is 0 Å². The van der Waals surface area contributed by atoms with E-state index < -0.39 is 16.4 Å². The van der Waals surface area contributed by atoms with Gasteiger partial charge in [-0.05, 0) is 11.8 Å². The summed E-state index contributed by atoms with van der Waals surface area (Å²) in [5, 5.41) is 11.6. The van der Waals surface area contributed by atoms with Crippen molar-refractivity contribution < 1.29 is 11.1 Å². The number of nitrogens with zero attached hydrogens (tertiary/aromatic N) is 1. The van der Waals surface area contributed by atoms with Crippen LogP contribution in [-0.4, -0.2) is 17.8 Å². The molecule has 0 saturated heterocycles. The third-order valence-electron chi connectivity index (χ3n) is 2.28. The molecule has 1 N–H and O–H groups in total. The smallest absolute Gasteiger partial charge is 0.330 e. The molecule has 1 aliphatic carbocycles. The molecule has 5 nitrogen and oxygen atoms in total. The average Bonchev–Trinajstić information content (AvgIpc) is 1.99. The second-order valence-corrected chi connectivity index (χ2v) is 4.22. The lowest BCUT2D eigenvalue weighted by Crippen LogP contribution is -2.32. The monoisotopic (exact) mass is 199 g/mol. The Bertz CT molecular complexity index is 347. The summed E-state index contributed by atoms with van der Waals surface area (Å²) in [6, 6.07) is 0. The van der Waals surface area contributed by atoms with E-state index in [9.17, 15) is 14.9 Å². The summed E-state index contributed by atoms with van der Waals surface area (Å²) in [4.78, 5) is 21.6. The Labute approximate surface area is 83.8 Å². The number of nitrogens with one attached hydrogen (secondary N) is 1. The van der Waals surface area contributed by atoms with Crippen LogP contribution in [0.15, 0.2) is 11.4 Å². The highest BCUT2D eigenvalue weighted by Crippen LogP contribution is 2.35. The number of nitro groups is 1. The minimum Gasteiger partial charge on any atom is -0.386 e. The summed E-state index contributed by atoms with van der Waals surface area (Å²) >= 11 is 0. The van der Waals surface area contributed by atoms with Crippen LogP contribution < -0.4 is 5.31 Å². The maximum absolute atomic E-state index is 11.6. The molecule has 0 radical (unpaired) electrons. The summed E-state index contributed by atoms with van der Waals surface area (Å²) < 4.78 is 7.38. The SMILES string of the molecule is [2H]N(C)C1=C([N+](=O)[O-])C(=O)CC(C)(C)C1. The maximum atomic E-state index is 11.6. The zero-order valence-electron chi connectivity index (χ0n) is 9.53. The normalized spacial score (nSPS) is 21.9. The van der Waals surface area contributed by atoms with Gasteiger partial charge >= 0.3 is 5.70 Å². The van der Waals surface area contributed by atoms with Gasteiger partial charge < -0.3 is 5.31 Å². The van der Waals surface area contributed by atoms with Gasteiger partial charge in [-0.3, -0.25) is 14.9 Å². The van der Waals surface area contributed by atoms with Crippen LogP contribution in [0.2, 0.25) is 1.41 Å². The van der Waals surface area contributed by atoms with Crippen molar-refractivity contribution in [2.75, 3.05) is 7.05 Å². The molecule has 1 aliphatic rings. The highest BCUT2D eigenvalue weighted by atomic mass is 16.6. The van der Waals surface area contributed by atoms with Crippen molar-refractivity contribution in [2.24, 2.45) is 5.41 Å². The molecule has 0 aromatic heterocycles. The second kappa shape index (κ2) is 3.40. The first-order valence-corrected chi connectivity index (χ1v) is 4.38. The van der Waals surface area contributed by atoms with Crippen LogP contribution in [0, 0.1) is 15.5 Å². The van der Waals surface area contributed by atoms with Gasteiger partial charge in [-0.25, -0.2) is 0 Å². The number of carbonyl (C=O) groups excluding carboxylic acids is 1. The van der Waals surface area contributed by atoms with Gasteiger partial charge in [0, 0.05) is 13.5 Å². The van der Waals surface area contributed by atoms with Crippen LogP contribution in [0.5, 0.6) is 0 Å². The maximum Gasteiger partial charge on any atom is 0.330 e. The van der Waals surface area contributed by atoms with Crippen molar-refractivity contribution in [3.8, 4) is 0 Å². The van der Waals surface area contributed by atoms with Gasteiger partial charge in [-0.15, -0.1) is 0 Å². The Morgan fingerprint density at radius 2 is 2.14 bits per heavy atom. The Morgan fingerprint density at radius 3 is 2.57 bits per heavy atom. The Hall–Kier alpha value is -1.39. The number of hydrogen-bond donors (Lipinski definition) is 1. The minimum absolute atomic E-state index is 0.167. The third-order valence-corrected chi connectivity index (χ3v) is 2.28. The molecule has 0 amide bonds. The average molecular weight is 199 g/mol. The lowest BCUT2D eigenvalue weighted by molar-refractivity contribution is -0.421. The van der Waals surface area contributed by atoms with E-state index in [2.05, 4.69) is 0 Å². The topological polar surface area (TPSA) is 72.2 Å². The van der Waals surface area contributed by atoms with Crippen molar-refractivity contribution >= 4 is 5.78 Å². The fourth-order valence-electron chi connectivity index (χ4n) is 1.67. The Morgan fingerprint density at radius 1 is 1.57 bits per heavy atom. The zero-order valence-corrected chi connectivity index (χ0v) is 8.53. The number of rotatable bonds is 2. The zero-order chi connectivity index (χ0) is 11.8. The molecule has 0 fully saturated rings. The van der Waals surface area contributed by atoms with Crippen LogP contribution in [0.3, 0.4) is 0 Å². The molecule has 0 spiro atoms. The van der Waals surface area contributed by atoms with Gasteiger partial charge in [0.15, 0.2) is 1.41 Å². The molecule has 0 atom stereocenters. The first-order chi connectivity index (χ1) is 6.74. The van der Waals surface area contributed by atoms with Gasteiger partial charge in [0.2, 0.25) is 5.78 Å². The van der Waals surface area contributed by atoms with Crippen molar-refractivity contribution in [2.45, 2.75) is 26.7 Å². The summed E-state index contributed by atoms with van der Waals surface area (Å²) in [5.74, 6) is -0.481. The van der Waals surface area contributed by atoms with Crippen LogP contribution in [0.4, 0.5) is 0 Å². The summed E-state index contributed by atoms with van der Waals surface area (Å²) in [6.07, 6.45) is 0.551. The first kappa shape index (κ1) is 9.18. The largest absolute Gasteiger partial charge is 0.386 e. The second-order valence-electron chi connectivity index (χ2n) is 4.22. The molecule has 0 aliphatic heterocycles. The number of hydrogen-bond acceptors (Lipinski definition) is 4. The molecular weight excluding hydrogens is 184 g/mol. The first-order valence-electron chi connectivity index (χ1n) is 4.83. The van der Waals surface area contributed by atoms with E-state index in [4.69, 9.17) is 1.41 Å². The highest BCUT2D eigenvalue weighted by Gasteiger charge is 2.39. The molecule has 1 rings (SSSR count). The molecule has 0 bridgehead atoms. The summed E-state index contributed by atoms with van der Waals surface area (Å²) in [5.41, 5.74) is -0.533. The van der Waals surface area contributed by atoms with E-state index in [1.54, 1.807) is 0 Å². The van der Waals surface area contributed by atoms with E-state index in [1.165, 1.54) is 7.05 Å². The van der Waals surface area contributed by atoms with Gasteiger partial charge in [0.1, 0.15) is 0 Å². The molecule has 0 aromatic rings. The number of Topliss-reactive ketones (excluding diaryl/α,β-unsaturated/α-hetero) is 1. The minimum atomic E-state index is -0.683. The van der Waals surface area contributed by atoms with Crippen molar-refractivity contribution in [1.29, 1.82) is 0 Å². The molecule has 0 unspecified atom stereocenters. The molecular formula is C9H14N2O3. The fraction of sp³-hybridized carbons (Fsp3) is 0.667. The molecule has 14 heavy (non-hydrogen) atoms. The van der Waals surface area contributed by atoms with E-state index in [-0.39, 0.29) is 17.5 Å². The van der Waals surface area contributed by atoms with E-state index >= 15 is 0 Å². The number of ketones is 1. The van der Waals surface area contributed by atoms with Gasteiger partial charge in [-0.2, -0.15) is 0 Å². The summed E-state index contributed by atoms with van der Waals surface area (Å²) in [6.45, 7) is 3.73. The fourth-order valence-corrected chi connectivity index (χ4v) is 1.67. The van der Waals surface area contributed by atoms with Crippen molar-refractivity contribution in [3.63, 3.8) is 0 Å². The van der Waals surface area contributed by atoms with Crippen molar-refractivity contribution in [3.05, 3.63) is 21.5 Å². The molecule has 0 saturated carbocycles. The third kappa shape index (κ3) is 1.92. The predicted molar refractivity (Wildman–Crippen MR) is 51.1 cm³/mol. The summed E-state index contributed by atoms with van der Waals surface area (Å²) in [7, 11) is 1.40.